The van der Waals surface area contributed by atoms with Crippen LogP contribution in [0.15, 0.2) is 22.6 Å². The summed E-state index contributed by atoms with van der Waals surface area (Å²) in [4.78, 5) is 12.5. The summed E-state index contributed by atoms with van der Waals surface area (Å²) in [6, 6.07) is 0. The molecule has 1 heterocycles. The third-order valence-electron chi connectivity index (χ3n) is 4.04. The van der Waals surface area contributed by atoms with Gasteiger partial charge in [0.25, 0.3) is 0 Å². The summed E-state index contributed by atoms with van der Waals surface area (Å²) < 4.78 is 0. The van der Waals surface area contributed by atoms with Gasteiger partial charge in [-0.2, -0.15) is 0 Å². The highest BCUT2D eigenvalue weighted by Gasteiger charge is 2.35. The fourth-order valence-corrected chi connectivity index (χ4v) is 4.21. The number of hydrogen-bond acceptors (Lipinski definition) is 2. The van der Waals surface area contributed by atoms with Crippen molar-refractivity contribution in [1.29, 1.82) is 0 Å². The molecule has 0 aromatic rings. The van der Waals surface area contributed by atoms with E-state index in [0.717, 1.165) is 11.8 Å². The Bertz CT molecular complexity index is 354. The topological polar surface area (TPSA) is 17.1 Å². The molecule has 0 unspecified atom stereocenters. The summed E-state index contributed by atoms with van der Waals surface area (Å²) in [6.45, 7) is 0. The molecule has 0 amide bonds. The van der Waals surface area contributed by atoms with Crippen LogP contribution in [0.5, 0.6) is 0 Å². The summed E-state index contributed by atoms with van der Waals surface area (Å²) in [6.07, 6.45) is 12.0. The Balaban J connectivity index is 1.88. The third-order valence-corrected chi connectivity index (χ3v) is 4.99. The van der Waals surface area contributed by atoms with Gasteiger partial charge in [-0.1, -0.05) is 18.4 Å². The average Bonchev–Trinajstić information content (AvgIpc) is 2.83. The van der Waals surface area contributed by atoms with E-state index in [4.69, 9.17) is 0 Å². The van der Waals surface area contributed by atoms with Gasteiger partial charge in [-0.25, -0.2) is 0 Å². The van der Waals surface area contributed by atoms with Crippen molar-refractivity contribution in [1.82, 2.24) is 0 Å². The van der Waals surface area contributed by atoms with E-state index in [1.54, 1.807) is 11.6 Å². The van der Waals surface area contributed by atoms with E-state index in [2.05, 4.69) is 0 Å². The lowest BCUT2D eigenvalue weighted by atomic mass is 9.80. The second-order valence-electron chi connectivity index (χ2n) is 4.83. The van der Waals surface area contributed by atoms with Crippen molar-refractivity contribution in [3.05, 3.63) is 22.6 Å². The zero-order chi connectivity index (χ0) is 10.3. The van der Waals surface area contributed by atoms with Gasteiger partial charge >= 0.3 is 0 Å². The van der Waals surface area contributed by atoms with Crippen LogP contribution in [0.3, 0.4) is 0 Å². The van der Waals surface area contributed by atoms with Gasteiger partial charge in [0.05, 0.1) is 0 Å². The van der Waals surface area contributed by atoms with Crippen molar-refractivity contribution in [2.24, 2.45) is 11.8 Å². The first-order valence-electron chi connectivity index (χ1n) is 5.97. The van der Waals surface area contributed by atoms with Crippen LogP contribution in [0.2, 0.25) is 0 Å². The predicted octanol–water partition coefficient (Wildman–Crippen LogP) is 3.67. The van der Waals surface area contributed by atoms with Gasteiger partial charge in [-0.05, 0) is 61.4 Å². The van der Waals surface area contributed by atoms with Crippen LogP contribution in [0.4, 0.5) is 0 Å². The molecule has 0 aromatic carbocycles. The lowest BCUT2D eigenvalue weighted by molar-refractivity contribution is -0.106. The molecule has 3 aliphatic rings. The second-order valence-corrected chi connectivity index (χ2v) is 5.88. The molecule has 0 aromatic heterocycles. The number of carbonyl (C=O) groups is 1. The molecule has 2 atom stereocenters. The van der Waals surface area contributed by atoms with Crippen molar-refractivity contribution in [3.63, 3.8) is 0 Å². The molecule has 80 valence electrons. The first kappa shape index (κ1) is 9.71. The first-order valence-corrected chi connectivity index (χ1v) is 6.79. The van der Waals surface area contributed by atoms with Crippen LogP contribution >= 0.6 is 11.8 Å². The number of hydrogen-bond donors (Lipinski definition) is 0. The van der Waals surface area contributed by atoms with E-state index in [9.17, 15) is 4.79 Å². The zero-order valence-electron chi connectivity index (χ0n) is 8.87. The summed E-state index contributed by atoms with van der Waals surface area (Å²) in [5, 5.41) is 0.219. The predicted molar refractivity (Wildman–Crippen MR) is 63.4 cm³/mol. The fraction of sp³-hybridized carbons (Fsp3) is 0.615. The quantitative estimate of drug-likeness (QED) is 0.619. The molecule has 0 spiro atoms. The average molecular weight is 220 g/mol. The van der Waals surface area contributed by atoms with Crippen molar-refractivity contribution in [2.45, 2.75) is 38.5 Å². The summed E-state index contributed by atoms with van der Waals surface area (Å²) in [5.74, 6) is 1.75. The van der Waals surface area contributed by atoms with E-state index in [-0.39, 0.29) is 5.12 Å². The summed E-state index contributed by atoms with van der Waals surface area (Å²) >= 11 is 1.45. The normalized spacial score (nSPS) is 39.9. The maximum absolute atomic E-state index is 11.2. The molecule has 0 radical (unpaired) electrons. The molecule has 1 nitrogen and oxygen atoms in total. The minimum absolute atomic E-state index is 0.219. The van der Waals surface area contributed by atoms with Crippen LogP contribution in [-0.4, -0.2) is 5.12 Å². The molecule has 2 saturated carbocycles. The van der Waals surface area contributed by atoms with Crippen molar-refractivity contribution < 1.29 is 4.79 Å². The van der Waals surface area contributed by atoms with Crippen LogP contribution in [0.25, 0.3) is 0 Å². The Morgan fingerprint density at radius 2 is 2.00 bits per heavy atom. The Morgan fingerprint density at radius 1 is 1.13 bits per heavy atom. The lowest BCUT2D eigenvalue weighted by Gasteiger charge is -2.26. The molecule has 2 fully saturated rings. The molecular formula is C13H16OS. The van der Waals surface area contributed by atoms with Gasteiger partial charge in [-0.15, -0.1) is 0 Å². The minimum Gasteiger partial charge on any atom is -0.282 e. The third kappa shape index (κ3) is 1.69. The van der Waals surface area contributed by atoms with Gasteiger partial charge in [-0.3, -0.25) is 4.79 Å². The standard InChI is InChI=1S/C13H16OS/c14-13-8-7-12(15-13)11-6-5-9-3-1-2-4-10(9)11/h7-10H,1-6H2/b12-11-/t9-,10+/m1/s1. The molecule has 2 heteroatoms. The Hall–Kier alpha value is -0.500. The minimum atomic E-state index is 0.219. The van der Waals surface area contributed by atoms with E-state index >= 15 is 0 Å². The van der Waals surface area contributed by atoms with E-state index in [1.807, 2.05) is 6.08 Å². The maximum atomic E-state index is 11.2. The van der Waals surface area contributed by atoms with Gasteiger partial charge in [0.2, 0.25) is 5.12 Å². The highest BCUT2D eigenvalue weighted by Crippen LogP contribution is 2.49. The molecule has 2 aliphatic carbocycles. The van der Waals surface area contributed by atoms with Crippen LogP contribution in [0.1, 0.15) is 38.5 Å². The Kier molecular flexibility index (Phi) is 2.47. The summed E-state index contributed by atoms with van der Waals surface area (Å²) in [5.41, 5.74) is 1.60. The Morgan fingerprint density at radius 3 is 2.80 bits per heavy atom. The fourth-order valence-electron chi connectivity index (χ4n) is 3.34. The van der Waals surface area contributed by atoms with Crippen molar-refractivity contribution >= 4 is 16.9 Å². The maximum Gasteiger partial charge on any atom is 0.216 e. The monoisotopic (exact) mass is 220 g/mol. The summed E-state index contributed by atoms with van der Waals surface area (Å²) in [7, 11) is 0. The zero-order valence-corrected chi connectivity index (χ0v) is 9.69. The molecule has 0 N–H and O–H groups in total. The molecule has 0 bridgehead atoms. The largest absolute Gasteiger partial charge is 0.282 e. The highest BCUT2D eigenvalue weighted by atomic mass is 32.2. The second kappa shape index (κ2) is 3.82. The van der Waals surface area contributed by atoms with Gasteiger partial charge in [0, 0.05) is 4.91 Å². The number of thioether (sulfide) groups is 1. The van der Waals surface area contributed by atoms with E-state index < -0.39 is 0 Å². The van der Waals surface area contributed by atoms with Crippen LogP contribution in [-0.2, 0) is 4.79 Å². The van der Waals surface area contributed by atoms with E-state index in [1.165, 1.54) is 55.2 Å². The smallest absolute Gasteiger partial charge is 0.216 e. The number of allylic oxidation sites excluding steroid dienone is 2. The SMILES string of the molecule is O=C1C=C/C(=C2\CC[C@H]3CCCC[C@H]23)S1. The van der Waals surface area contributed by atoms with Crippen molar-refractivity contribution in [2.75, 3.05) is 0 Å². The van der Waals surface area contributed by atoms with Gasteiger partial charge in [0.1, 0.15) is 0 Å². The molecule has 0 saturated heterocycles. The first-order chi connectivity index (χ1) is 7.34. The van der Waals surface area contributed by atoms with Crippen LogP contribution in [0, 0.1) is 11.8 Å². The van der Waals surface area contributed by atoms with Gasteiger partial charge in [0.15, 0.2) is 0 Å². The van der Waals surface area contributed by atoms with Crippen molar-refractivity contribution in [3.8, 4) is 0 Å². The number of rotatable bonds is 0. The molecular weight excluding hydrogens is 204 g/mol. The Labute approximate surface area is 95.0 Å². The molecule has 3 rings (SSSR count). The molecule has 1 aliphatic heterocycles. The lowest BCUT2D eigenvalue weighted by Crippen LogP contribution is -2.14. The molecule has 15 heavy (non-hydrogen) atoms. The highest BCUT2D eigenvalue weighted by molar-refractivity contribution is 8.17. The van der Waals surface area contributed by atoms with E-state index in [0.29, 0.717) is 0 Å². The van der Waals surface area contributed by atoms with Crippen LogP contribution < -0.4 is 0 Å². The number of fused-ring (bicyclic) bond motifs is 1. The van der Waals surface area contributed by atoms with Gasteiger partial charge < -0.3 is 0 Å². The number of carbonyl (C=O) groups excluding carboxylic acids is 1.